The highest BCUT2D eigenvalue weighted by molar-refractivity contribution is 6.10. The Morgan fingerprint density at radius 3 is 2.38 bits per heavy atom. The molecule has 2 rings (SSSR count). The summed E-state index contributed by atoms with van der Waals surface area (Å²) in [4.78, 5) is 38.8. The van der Waals surface area contributed by atoms with Gasteiger partial charge < -0.3 is 18.9 Å². The third-order valence-electron chi connectivity index (χ3n) is 2.97. The number of rotatable bonds is 4. The maximum atomic E-state index is 11.8. The van der Waals surface area contributed by atoms with Crippen molar-refractivity contribution in [1.29, 1.82) is 0 Å². The monoisotopic (exact) mass is 335 g/mol. The average Bonchev–Trinajstić information content (AvgIpc) is 2.45. The van der Waals surface area contributed by atoms with Crippen LogP contribution in [0.2, 0.25) is 0 Å². The Kier molecular flexibility index (Phi) is 4.87. The van der Waals surface area contributed by atoms with E-state index in [-0.39, 0.29) is 11.5 Å². The largest absolute Gasteiger partial charge is 0.493 e. The van der Waals surface area contributed by atoms with Gasteiger partial charge in [-0.05, 0) is 12.1 Å². The van der Waals surface area contributed by atoms with E-state index < -0.39 is 29.6 Å². The summed E-state index contributed by atoms with van der Waals surface area (Å²) in [6, 6.07) is 4.53. The van der Waals surface area contributed by atoms with E-state index in [0.717, 1.165) is 6.21 Å². The zero-order valence-electron chi connectivity index (χ0n) is 13.7. The normalized spacial score (nSPS) is 17.3. The number of esters is 3. The number of aliphatic imine (C=N–C) groups is 1. The number of methoxy groups -OCH3 is 1. The molecule has 1 aromatic carbocycles. The minimum atomic E-state index is -1.28. The van der Waals surface area contributed by atoms with E-state index in [2.05, 4.69) is 4.99 Å². The van der Waals surface area contributed by atoms with E-state index in [1.807, 2.05) is 0 Å². The van der Waals surface area contributed by atoms with Gasteiger partial charge in [-0.3, -0.25) is 19.4 Å². The van der Waals surface area contributed by atoms with Gasteiger partial charge in [0.1, 0.15) is 0 Å². The van der Waals surface area contributed by atoms with Crippen LogP contribution in [0, 0.1) is 5.92 Å². The molecule has 0 saturated carbocycles. The molecule has 0 aromatic heterocycles. The molecule has 1 aromatic rings. The Morgan fingerprint density at radius 2 is 1.83 bits per heavy atom. The third-order valence-corrected chi connectivity index (χ3v) is 2.97. The fraction of sp³-hybridized carbons (Fsp3) is 0.375. The summed E-state index contributed by atoms with van der Waals surface area (Å²) in [6.45, 7) is 4.21. The molecule has 0 radical (unpaired) electrons. The van der Waals surface area contributed by atoms with Gasteiger partial charge in [0.2, 0.25) is 0 Å². The Morgan fingerprint density at radius 1 is 1.21 bits per heavy atom. The predicted molar refractivity (Wildman–Crippen MR) is 82.2 cm³/mol. The molecule has 1 fully saturated rings. The van der Waals surface area contributed by atoms with Crippen LogP contribution in [0.3, 0.4) is 0 Å². The van der Waals surface area contributed by atoms with Crippen LogP contribution in [-0.2, 0) is 23.9 Å². The highest BCUT2D eigenvalue weighted by Gasteiger charge is 2.42. The maximum absolute atomic E-state index is 11.8. The SMILES string of the molecule is COc1cc(N=CC2C(=O)OC(C)(C)OC2=O)ccc1OC(C)=O. The van der Waals surface area contributed by atoms with Gasteiger partial charge in [0.15, 0.2) is 17.4 Å². The molecule has 24 heavy (non-hydrogen) atoms. The number of cyclic esters (lactones) is 2. The molecular weight excluding hydrogens is 318 g/mol. The van der Waals surface area contributed by atoms with Crippen LogP contribution in [-0.4, -0.2) is 37.0 Å². The van der Waals surface area contributed by atoms with Crippen LogP contribution in [0.15, 0.2) is 23.2 Å². The summed E-state index contributed by atoms with van der Waals surface area (Å²) in [5.41, 5.74) is 0.396. The molecule has 128 valence electrons. The number of carbonyl (C=O) groups excluding carboxylic acids is 3. The molecule has 1 heterocycles. The molecule has 0 aliphatic carbocycles. The molecule has 0 N–H and O–H groups in total. The van der Waals surface area contributed by atoms with Crippen molar-refractivity contribution in [3.8, 4) is 11.5 Å². The summed E-state index contributed by atoms with van der Waals surface area (Å²) in [5.74, 6) is -3.95. The molecule has 0 amide bonds. The third kappa shape index (κ3) is 4.09. The molecule has 0 bridgehead atoms. The zero-order chi connectivity index (χ0) is 17.9. The van der Waals surface area contributed by atoms with Crippen LogP contribution in [0.5, 0.6) is 11.5 Å². The van der Waals surface area contributed by atoms with Gasteiger partial charge in [-0.2, -0.15) is 0 Å². The van der Waals surface area contributed by atoms with Gasteiger partial charge in [0, 0.05) is 33.1 Å². The van der Waals surface area contributed by atoms with E-state index in [1.54, 1.807) is 6.07 Å². The summed E-state index contributed by atoms with van der Waals surface area (Å²) in [7, 11) is 1.41. The first-order valence-electron chi connectivity index (χ1n) is 7.08. The minimum Gasteiger partial charge on any atom is -0.493 e. The van der Waals surface area contributed by atoms with E-state index in [4.69, 9.17) is 18.9 Å². The van der Waals surface area contributed by atoms with E-state index in [1.165, 1.54) is 40.0 Å². The van der Waals surface area contributed by atoms with Gasteiger partial charge >= 0.3 is 17.9 Å². The molecule has 0 atom stereocenters. The number of hydrogen-bond donors (Lipinski definition) is 0. The smallest absolute Gasteiger partial charge is 0.329 e. The molecule has 1 aliphatic heterocycles. The van der Waals surface area contributed by atoms with Crippen molar-refractivity contribution >= 4 is 29.8 Å². The van der Waals surface area contributed by atoms with Crippen molar-refractivity contribution in [3.05, 3.63) is 18.2 Å². The first kappa shape index (κ1) is 17.5. The van der Waals surface area contributed by atoms with Crippen LogP contribution in [0.25, 0.3) is 0 Å². The Bertz CT molecular complexity index is 688. The quantitative estimate of drug-likeness (QED) is 0.358. The van der Waals surface area contributed by atoms with Crippen molar-refractivity contribution in [2.75, 3.05) is 7.11 Å². The number of hydrogen-bond acceptors (Lipinski definition) is 8. The first-order chi connectivity index (χ1) is 11.2. The molecule has 1 saturated heterocycles. The Labute approximate surface area is 138 Å². The van der Waals surface area contributed by atoms with Gasteiger partial charge in [-0.25, -0.2) is 0 Å². The van der Waals surface area contributed by atoms with Gasteiger partial charge in [-0.1, -0.05) is 0 Å². The second kappa shape index (κ2) is 6.69. The summed E-state index contributed by atoms with van der Waals surface area (Å²) in [5, 5.41) is 0. The van der Waals surface area contributed by atoms with Crippen LogP contribution in [0.4, 0.5) is 5.69 Å². The van der Waals surface area contributed by atoms with Crippen molar-refractivity contribution in [3.63, 3.8) is 0 Å². The standard InChI is InChI=1S/C16H17NO7/c1-9(18)22-12-6-5-10(7-13(12)21-4)17-8-11-14(19)23-16(2,3)24-15(11)20/h5-8,11H,1-4H3. The lowest BCUT2D eigenvalue weighted by atomic mass is 10.1. The van der Waals surface area contributed by atoms with E-state index >= 15 is 0 Å². The van der Waals surface area contributed by atoms with E-state index in [9.17, 15) is 14.4 Å². The fourth-order valence-corrected chi connectivity index (χ4v) is 1.99. The van der Waals surface area contributed by atoms with Gasteiger partial charge in [-0.15, -0.1) is 0 Å². The second-order valence-electron chi connectivity index (χ2n) is 5.43. The number of benzene rings is 1. The van der Waals surface area contributed by atoms with Gasteiger partial charge in [0.05, 0.1) is 12.8 Å². The Balaban J connectivity index is 2.18. The summed E-state index contributed by atoms with van der Waals surface area (Å²) in [6.07, 6.45) is 1.14. The predicted octanol–water partition coefficient (Wildman–Crippen LogP) is 1.78. The van der Waals surface area contributed by atoms with Crippen molar-refractivity contribution in [1.82, 2.24) is 0 Å². The van der Waals surface area contributed by atoms with E-state index in [0.29, 0.717) is 5.69 Å². The number of nitrogens with zero attached hydrogens (tertiary/aromatic N) is 1. The molecule has 8 heteroatoms. The first-order valence-corrected chi connectivity index (χ1v) is 7.08. The second-order valence-corrected chi connectivity index (χ2v) is 5.43. The number of ether oxygens (including phenoxy) is 4. The average molecular weight is 335 g/mol. The zero-order valence-corrected chi connectivity index (χ0v) is 13.7. The highest BCUT2D eigenvalue weighted by Crippen LogP contribution is 2.31. The molecule has 8 nitrogen and oxygen atoms in total. The maximum Gasteiger partial charge on any atom is 0.329 e. The minimum absolute atomic E-state index is 0.238. The Hall–Kier alpha value is -2.90. The van der Waals surface area contributed by atoms with Crippen LogP contribution < -0.4 is 9.47 Å². The van der Waals surface area contributed by atoms with Crippen molar-refractivity contribution < 1.29 is 33.3 Å². The lowest BCUT2D eigenvalue weighted by molar-refractivity contribution is -0.235. The summed E-state index contributed by atoms with van der Waals surface area (Å²) >= 11 is 0. The van der Waals surface area contributed by atoms with Crippen LogP contribution in [0.1, 0.15) is 20.8 Å². The molecule has 0 spiro atoms. The van der Waals surface area contributed by atoms with Crippen molar-refractivity contribution in [2.45, 2.75) is 26.6 Å². The summed E-state index contributed by atoms with van der Waals surface area (Å²) < 4.78 is 20.1. The lowest BCUT2D eigenvalue weighted by Gasteiger charge is -2.31. The van der Waals surface area contributed by atoms with Crippen LogP contribution >= 0.6 is 0 Å². The number of carbonyl (C=O) groups is 3. The molecular formula is C16H17NO7. The van der Waals surface area contributed by atoms with Gasteiger partial charge in [0.25, 0.3) is 5.79 Å². The van der Waals surface area contributed by atoms with Crippen molar-refractivity contribution in [2.24, 2.45) is 10.9 Å². The molecule has 1 aliphatic rings. The lowest BCUT2D eigenvalue weighted by Crippen LogP contribution is -2.46. The highest BCUT2D eigenvalue weighted by atomic mass is 16.7. The molecule has 0 unspecified atom stereocenters. The topological polar surface area (TPSA) is 100 Å². The fourth-order valence-electron chi connectivity index (χ4n) is 1.99.